The van der Waals surface area contributed by atoms with Crippen molar-refractivity contribution in [3.8, 4) is 11.3 Å². The molecule has 0 atom stereocenters. The summed E-state index contributed by atoms with van der Waals surface area (Å²) in [4.78, 5) is 18.3. The van der Waals surface area contributed by atoms with Crippen molar-refractivity contribution in [3.05, 3.63) is 58.8 Å². The van der Waals surface area contributed by atoms with Gasteiger partial charge in [-0.05, 0) is 13.0 Å². The molecule has 1 aliphatic rings. The van der Waals surface area contributed by atoms with Gasteiger partial charge in [0.1, 0.15) is 16.6 Å². The van der Waals surface area contributed by atoms with E-state index in [0.717, 1.165) is 50.1 Å². The lowest BCUT2D eigenvalue weighted by molar-refractivity contribution is 0.249. The van der Waals surface area contributed by atoms with Gasteiger partial charge in [0, 0.05) is 43.3 Å². The third-order valence-corrected chi connectivity index (χ3v) is 5.27. The summed E-state index contributed by atoms with van der Waals surface area (Å²) in [6, 6.07) is 12.4. The number of hydrogen-bond acceptors (Lipinski definition) is 6. The highest BCUT2D eigenvalue weighted by Gasteiger charge is 2.19. The molecule has 6 heteroatoms. The number of anilines is 1. The smallest absolute Gasteiger partial charge is 0.132 e. The summed E-state index contributed by atoms with van der Waals surface area (Å²) < 4.78 is 0. The topological polar surface area (TPSA) is 45.2 Å². The van der Waals surface area contributed by atoms with E-state index >= 15 is 0 Å². The van der Waals surface area contributed by atoms with Crippen molar-refractivity contribution in [1.29, 1.82) is 0 Å². The molecule has 3 heterocycles. The predicted octanol–water partition coefficient (Wildman–Crippen LogP) is 3.23. The zero-order valence-corrected chi connectivity index (χ0v) is 15.1. The molecule has 3 aromatic rings. The minimum absolute atomic E-state index is 0.830. The number of aryl methyl sites for hydroxylation is 1. The summed E-state index contributed by atoms with van der Waals surface area (Å²) in [6.45, 7) is 6.91. The largest absolute Gasteiger partial charge is 0.354 e. The Kier molecular flexibility index (Phi) is 4.72. The van der Waals surface area contributed by atoms with Crippen LogP contribution in [-0.4, -0.2) is 46.0 Å². The van der Waals surface area contributed by atoms with Gasteiger partial charge in [-0.2, -0.15) is 0 Å². The lowest BCUT2D eigenvalue weighted by Crippen LogP contribution is -2.46. The third-order valence-electron chi connectivity index (χ3n) is 4.44. The molecule has 0 radical (unpaired) electrons. The van der Waals surface area contributed by atoms with E-state index in [1.807, 2.05) is 25.3 Å². The van der Waals surface area contributed by atoms with E-state index in [9.17, 15) is 0 Å². The van der Waals surface area contributed by atoms with Crippen molar-refractivity contribution in [2.75, 3.05) is 31.1 Å². The fourth-order valence-corrected chi connectivity index (χ4v) is 3.92. The van der Waals surface area contributed by atoms with Crippen LogP contribution in [0.4, 0.5) is 5.82 Å². The molecule has 0 bridgehead atoms. The molecule has 0 saturated carbocycles. The van der Waals surface area contributed by atoms with Crippen LogP contribution < -0.4 is 4.90 Å². The fraction of sp³-hybridized carbons (Fsp3) is 0.316. The number of benzene rings is 1. The quantitative estimate of drug-likeness (QED) is 0.722. The average Bonchev–Trinajstić information content (AvgIpc) is 3.12. The van der Waals surface area contributed by atoms with E-state index < -0.39 is 0 Å². The Balaban J connectivity index is 1.35. The summed E-state index contributed by atoms with van der Waals surface area (Å²) in [7, 11) is 0. The van der Waals surface area contributed by atoms with Crippen LogP contribution >= 0.6 is 11.3 Å². The van der Waals surface area contributed by atoms with Gasteiger partial charge in [-0.1, -0.05) is 30.3 Å². The number of rotatable bonds is 4. The van der Waals surface area contributed by atoms with Crippen molar-refractivity contribution in [2.24, 2.45) is 0 Å². The Bertz CT molecular complexity index is 825. The Morgan fingerprint density at radius 2 is 1.80 bits per heavy atom. The lowest BCUT2D eigenvalue weighted by Gasteiger charge is -2.34. The molecule has 0 aliphatic carbocycles. The van der Waals surface area contributed by atoms with Crippen LogP contribution in [0.3, 0.4) is 0 Å². The minimum Gasteiger partial charge on any atom is -0.354 e. The Hall–Kier alpha value is -2.31. The van der Waals surface area contributed by atoms with Gasteiger partial charge in [-0.3, -0.25) is 4.90 Å². The molecule has 1 fully saturated rings. The Morgan fingerprint density at radius 1 is 1.00 bits per heavy atom. The Labute approximate surface area is 152 Å². The minimum atomic E-state index is 0.830. The maximum absolute atomic E-state index is 4.81. The van der Waals surface area contributed by atoms with Crippen molar-refractivity contribution < 1.29 is 0 Å². The molecule has 1 saturated heterocycles. The van der Waals surface area contributed by atoms with Gasteiger partial charge in [0.05, 0.1) is 12.2 Å². The number of thiazole rings is 1. The van der Waals surface area contributed by atoms with Crippen molar-refractivity contribution in [1.82, 2.24) is 19.9 Å². The molecule has 0 spiro atoms. The predicted molar refractivity (Wildman–Crippen MR) is 102 cm³/mol. The highest BCUT2D eigenvalue weighted by molar-refractivity contribution is 7.09. The molecular formula is C19H21N5S. The van der Waals surface area contributed by atoms with Crippen molar-refractivity contribution in [3.63, 3.8) is 0 Å². The van der Waals surface area contributed by atoms with E-state index in [0.29, 0.717) is 0 Å². The highest BCUT2D eigenvalue weighted by Crippen LogP contribution is 2.23. The molecule has 0 amide bonds. The van der Waals surface area contributed by atoms with Gasteiger partial charge in [0.15, 0.2) is 0 Å². The second-order valence-corrected chi connectivity index (χ2v) is 7.16. The molecule has 5 nitrogen and oxygen atoms in total. The summed E-state index contributed by atoms with van der Waals surface area (Å²) in [6.07, 6.45) is 1.84. The van der Waals surface area contributed by atoms with Crippen LogP contribution in [0, 0.1) is 6.92 Å². The number of hydrogen-bond donors (Lipinski definition) is 0. The van der Waals surface area contributed by atoms with Crippen LogP contribution in [0.15, 0.2) is 48.0 Å². The zero-order chi connectivity index (χ0) is 17.1. The molecule has 4 rings (SSSR count). The van der Waals surface area contributed by atoms with Gasteiger partial charge in [0.25, 0.3) is 0 Å². The number of piperazine rings is 1. The van der Waals surface area contributed by atoms with Crippen LogP contribution in [-0.2, 0) is 6.54 Å². The van der Waals surface area contributed by atoms with Crippen molar-refractivity contribution >= 4 is 17.2 Å². The second-order valence-electron chi connectivity index (χ2n) is 6.22. The maximum Gasteiger partial charge on any atom is 0.132 e. The molecular weight excluding hydrogens is 330 g/mol. The maximum atomic E-state index is 4.81. The average molecular weight is 351 g/mol. The van der Waals surface area contributed by atoms with Crippen LogP contribution in [0.2, 0.25) is 0 Å². The van der Waals surface area contributed by atoms with Crippen LogP contribution in [0.1, 0.15) is 10.8 Å². The van der Waals surface area contributed by atoms with Gasteiger partial charge in [-0.25, -0.2) is 15.0 Å². The lowest BCUT2D eigenvalue weighted by atomic mass is 10.2. The first-order valence-electron chi connectivity index (χ1n) is 8.55. The van der Waals surface area contributed by atoms with E-state index in [2.05, 4.69) is 49.4 Å². The first-order valence-corrected chi connectivity index (χ1v) is 9.43. The van der Waals surface area contributed by atoms with Crippen molar-refractivity contribution in [2.45, 2.75) is 13.5 Å². The van der Waals surface area contributed by atoms with Gasteiger partial charge in [-0.15, -0.1) is 11.3 Å². The number of aromatic nitrogens is 3. The first-order chi connectivity index (χ1) is 12.3. The SMILES string of the molecule is Cc1nccc(N2CCN(Cc3nc(-c4ccccc4)cs3)CC2)n1. The molecule has 25 heavy (non-hydrogen) atoms. The number of nitrogens with zero attached hydrogens (tertiary/aromatic N) is 5. The zero-order valence-electron chi connectivity index (χ0n) is 14.3. The third kappa shape index (κ3) is 3.86. The standard InChI is InChI=1S/C19H21N5S/c1-15-20-8-7-18(21-15)24-11-9-23(10-12-24)13-19-22-17(14-25-19)16-5-3-2-4-6-16/h2-8,14H,9-13H2,1H3. The summed E-state index contributed by atoms with van der Waals surface area (Å²) >= 11 is 1.75. The summed E-state index contributed by atoms with van der Waals surface area (Å²) in [5, 5.41) is 3.34. The summed E-state index contributed by atoms with van der Waals surface area (Å²) in [5.74, 6) is 1.86. The monoisotopic (exact) mass is 351 g/mol. The van der Waals surface area contributed by atoms with E-state index in [4.69, 9.17) is 4.98 Å². The second kappa shape index (κ2) is 7.29. The molecule has 1 aliphatic heterocycles. The van der Waals surface area contributed by atoms with E-state index in [1.54, 1.807) is 11.3 Å². The molecule has 0 N–H and O–H groups in total. The summed E-state index contributed by atoms with van der Waals surface area (Å²) in [5.41, 5.74) is 2.27. The molecule has 128 valence electrons. The van der Waals surface area contributed by atoms with E-state index in [-0.39, 0.29) is 0 Å². The molecule has 0 unspecified atom stereocenters. The fourth-order valence-electron chi connectivity index (χ4n) is 3.07. The van der Waals surface area contributed by atoms with Gasteiger partial charge < -0.3 is 4.90 Å². The highest BCUT2D eigenvalue weighted by atomic mass is 32.1. The van der Waals surface area contributed by atoms with E-state index in [1.165, 1.54) is 10.6 Å². The first kappa shape index (κ1) is 16.2. The van der Waals surface area contributed by atoms with Gasteiger partial charge in [0.2, 0.25) is 0 Å². The molecule has 1 aromatic carbocycles. The van der Waals surface area contributed by atoms with Crippen LogP contribution in [0.25, 0.3) is 11.3 Å². The molecule has 2 aromatic heterocycles. The Morgan fingerprint density at radius 3 is 2.56 bits per heavy atom. The normalized spacial score (nSPS) is 15.5. The van der Waals surface area contributed by atoms with Gasteiger partial charge >= 0.3 is 0 Å². The van der Waals surface area contributed by atoms with Crippen LogP contribution in [0.5, 0.6) is 0 Å².